The molecular weight excluding hydrogens is 248 g/mol. The Morgan fingerprint density at radius 3 is 2.40 bits per heavy atom. The van der Waals surface area contributed by atoms with Crippen LogP contribution in [0.1, 0.15) is 70.3 Å². The molecular formula is C18H28O2. The van der Waals surface area contributed by atoms with Gasteiger partial charge in [-0.05, 0) is 18.4 Å². The summed E-state index contributed by atoms with van der Waals surface area (Å²) in [5, 5.41) is 0. The molecule has 0 aromatic heterocycles. The molecule has 1 rings (SSSR count). The fourth-order valence-corrected chi connectivity index (χ4v) is 2.31. The number of carbonyl (C=O) groups excluding carboxylic acids is 1. The fourth-order valence-electron chi connectivity index (χ4n) is 2.31. The van der Waals surface area contributed by atoms with E-state index in [2.05, 4.69) is 38.1 Å². The van der Waals surface area contributed by atoms with Crippen LogP contribution in [-0.2, 0) is 9.53 Å². The molecule has 2 nitrogen and oxygen atoms in total. The van der Waals surface area contributed by atoms with Crippen molar-refractivity contribution >= 4 is 5.97 Å². The molecule has 0 spiro atoms. The molecule has 20 heavy (non-hydrogen) atoms. The molecule has 112 valence electrons. The van der Waals surface area contributed by atoms with Crippen LogP contribution in [0.3, 0.4) is 0 Å². The lowest BCUT2D eigenvalue weighted by molar-refractivity contribution is -0.144. The van der Waals surface area contributed by atoms with Gasteiger partial charge in [0.1, 0.15) is 0 Å². The second-order valence-electron chi connectivity index (χ2n) is 5.39. The van der Waals surface area contributed by atoms with Crippen molar-refractivity contribution in [2.45, 2.75) is 64.7 Å². The van der Waals surface area contributed by atoms with Crippen LogP contribution in [0.4, 0.5) is 0 Å². The Hall–Kier alpha value is -1.31. The second-order valence-corrected chi connectivity index (χ2v) is 5.39. The minimum atomic E-state index is -0.0455. The third-order valence-corrected chi connectivity index (χ3v) is 3.61. The zero-order valence-electron chi connectivity index (χ0n) is 12.9. The molecule has 1 atom stereocenters. The lowest BCUT2D eigenvalue weighted by atomic mass is 9.94. The first kappa shape index (κ1) is 16.7. The third-order valence-electron chi connectivity index (χ3n) is 3.61. The maximum atomic E-state index is 11.7. The summed E-state index contributed by atoms with van der Waals surface area (Å²) in [6.07, 6.45) is 7.18. The van der Waals surface area contributed by atoms with Gasteiger partial charge in [-0.3, -0.25) is 4.79 Å². The highest BCUT2D eigenvalue weighted by Gasteiger charge is 2.13. The monoisotopic (exact) mass is 276 g/mol. The van der Waals surface area contributed by atoms with Gasteiger partial charge in [0.2, 0.25) is 0 Å². The molecule has 0 amide bonds. The van der Waals surface area contributed by atoms with Crippen LogP contribution in [0.15, 0.2) is 30.3 Å². The smallest absolute Gasteiger partial charge is 0.305 e. The number of hydrogen-bond donors (Lipinski definition) is 0. The number of benzene rings is 1. The average Bonchev–Trinajstić information content (AvgIpc) is 2.48. The predicted octanol–water partition coefficient (Wildman–Crippen LogP) is 5.08. The van der Waals surface area contributed by atoms with Crippen molar-refractivity contribution < 1.29 is 9.53 Å². The number of unbranched alkanes of at least 4 members (excludes halogenated alkanes) is 3. The molecule has 0 aliphatic rings. The summed E-state index contributed by atoms with van der Waals surface area (Å²) in [5.74, 6) is 0.294. The first-order chi connectivity index (χ1) is 9.77. The van der Waals surface area contributed by atoms with Gasteiger partial charge in [0.05, 0.1) is 6.61 Å². The summed E-state index contributed by atoms with van der Waals surface area (Å²) < 4.78 is 5.46. The number of carbonyl (C=O) groups is 1. The van der Waals surface area contributed by atoms with E-state index in [0.29, 0.717) is 18.9 Å². The van der Waals surface area contributed by atoms with Gasteiger partial charge in [-0.15, -0.1) is 0 Å². The van der Waals surface area contributed by atoms with Crippen molar-refractivity contribution in [2.24, 2.45) is 0 Å². The molecule has 0 radical (unpaired) electrons. The largest absolute Gasteiger partial charge is 0.465 e. The van der Waals surface area contributed by atoms with Crippen LogP contribution in [0.2, 0.25) is 0 Å². The summed E-state index contributed by atoms with van der Waals surface area (Å²) in [7, 11) is 0. The lowest BCUT2D eigenvalue weighted by Crippen LogP contribution is -2.13. The summed E-state index contributed by atoms with van der Waals surface area (Å²) in [6, 6.07) is 10.4. The highest BCUT2D eigenvalue weighted by Crippen LogP contribution is 2.22. The molecule has 0 saturated heterocycles. The van der Waals surface area contributed by atoms with Gasteiger partial charge in [-0.2, -0.15) is 0 Å². The minimum absolute atomic E-state index is 0.0455. The minimum Gasteiger partial charge on any atom is -0.465 e. The van der Waals surface area contributed by atoms with Crippen LogP contribution in [-0.4, -0.2) is 12.6 Å². The third kappa shape index (κ3) is 6.74. The molecule has 1 aromatic rings. The maximum Gasteiger partial charge on any atom is 0.305 e. The van der Waals surface area contributed by atoms with Crippen LogP contribution in [0.25, 0.3) is 0 Å². The molecule has 0 N–H and O–H groups in total. The molecule has 0 heterocycles. The zero-order chi connectivity index (χ0) is 14.6. The fraction of sp³-hybridized carbons (Fsp3) is 0.611. The van der Waals surface area contributed by atoms with Crippen molar-refractivity contribution in [1.82, 2.24) is 0 Å². The summed E-state index contributed by atoms with van der Waals surface area (Å²) in [4.78, 5) is 11.7. The van der Waals surface area contributed by atoms with Gasteiger partial charge in [-0.1, -0.05) is 69.9 Å². The quantitative estimate of drug-likeness (QED) is 0.440. The second kappa shape index (κ2) is 10.5. The van der Waals surface area contributed by atoms with Gasteiger partial charge in [0, 0.05) is 12.3 Å². The normalized spacial score (nSPS) is 12.1. The maximum absolute atomic E-state index is 11.7. The lowest BCUT2D eigenvalue weighted by Gasteiger charge is -2.17. The Balaban J connectivity index is 2.43. The van der Waals surface area contributed by atoms with E-state index >= 15 is 0 Å². The van der Waals surface area contributed by atoms with Gasteiger partial charge >= 0.3 is 5.97 Å². The average molecular weight is 276 g/mol. The Morgan fingerprint density at radius 1 is 1.05 bits per heavy atom. The molecule has 2 heteroatoms. The van der Waals surface area contributed by atoms with Crippen molar-refractivity contribution in [2.75, 3.05) is 6.61 Å². The highest BCUT2D eigenvalue weighted by atomic mass is 16.5. The molecule has 0 bridgehead atoms. The Morgan fingerprint density at radius 2 is 1.75 bits per heavy atom. The zero-order valence-corrected chi connectivity index (χ0v) is 12.9. The van der Waals surface area contributed by atoms with Crippen molar-refractivity contribution in [3.05, 3.63) is 35.9 Å². The molecule has 0 aliphatic carbocycles. The standard InChI is InChI=1S/C18H28O2/c1-3-5-8-14-18(19)20-15-17(11-6-4-2)16-12-9-7-10-13-16/h7,9-10,12-13,17H,3-6,8,11,14-15H2,1-2H3. The summed E-state index contributed by atoms with van der Waals surface area (Å²) in [6.45, 7) is 4.86. The van der Waals surface area contributed by atoms with E-state index in [0.717, 1.165) is 25.7 Å². The van der Waals surface area contributed by atoms with E-state index < -0.39 is 0 Å². The molecule has 0 saturated carbocycles. The van der Waals surface area contributed by atoms with Gasteiger partial charge < -0.3 is 4.74 Å². The topological polar surface area (TPSA) is 26.3 Å². The molecule has 1 aromatic carbocycles. The van der Waals surface area contributed by atoms with Crippen LogP contribution >= 0.6 is 0 Å². The predicted molar refractivity (Wildman–Crippen MR) is 83.8 cm³/mol. The number of rotatable bonds is 10. The molecule has 1 unspecified atom stereocenters. The van der Waals surface area contributed by atoms with E-state index in [4.69, 9.17) is 4.74 Å². The summed E-state index contributed by atoms with van der Waals surface area (Å²) >= 11 is 0. The Kier molecular flexibility index (Phi) is 8.77. The van der Waals surface area contributed by atoms with Crippen molar-refractivity contribution in [3.8, 4) is 0 Å². The van der Waals surface area contributed by atoms with E-state index in [1.807, 2.05) is 6.07 Å². The SMILES string of the molecule is CCCCCC(=O)OCC(CCCC)c1ccccc1. The highest BCUT2D eigenvalue weighted by molar-refractivity contribution is 5.69. The van der Waals surface area contributed by atoms with Crippen molar-refractivity contribution in [3.63, 3.8) is 0 Å². The molecule has 0 aliphatic heterocycles. The first-order valence-corrected chi connectivity index (χ1v) is 7.98. The summed E-state index contributed by atoms with van der Waals surface area (Å²) in [5.41, 5.74) is 1.28. The number of ether oxygens (including phenoxy) is 1. The Labute approximate surface area is 123 Å². The Bertz CT molecular complexity index is 359. The molecule has 0 fully saturated rings. The van der Waals surface area contributed by atoms with Crippen molar-refractivity contribution in [1.29, 1.82) is 0 Å². The van der Waals surface area contributed by atoms with Crippen LogP contribution in [0.5, 0.6) is 0 Å². The van der Waals surface area contributed by atoms with E-state index in [1.54, 1.807) is 0 Å². The van der Waals surface area contributed by atoms with Gasteiger partial charge in [-0.25, -0.2) is 0 Å². The first-order valence-electron chi connectivity index (χ1n) is 7.98. The van der Waals surface area contributed by atoms with Crippen LogP contribution in [0, 0.1) is 0 Å². The number of hydrogen-bond acceptors (Lipinski definition) is 2. The van der Waals surface area contributed by atoms with Crippen LogP contribution < -0.4 is 0 Å². The number of esters is 1. The van der Waals surface area contributed by atoms with E-state index in [1.165, 1.54) is 18.4 Å². The van der Waals surface area contributed by atoms with E-state index in [9.17, 15) is 4.79 Å². The van der Waals surface area contributed by atoms with Gasteiger partial charge in [0.25, 0.3) is 0 Å². The van der Waals surface area contributed by atoms with Gasteiger partial charge in [0.15, 0.2) is 0 Å². The van der Waals surface area contributed by atoms with E-state index in [-0.39, 0.29) is 5.97 Å².